The molecule has 2 aromatic rings. The summed E-state index contributed by atoms with van der Waals surface area (Å²) in [5.41, 5.74) is 1.95. The Hall–Kier alpha value is -2.28. The van der Waals surface area contributed by atoms with Crippen molar-refractivity contribution in [1.29, 1.82) is 0 Å². The summed E-state index contributed by atoms with van der Waals surface area (Å²) in [5.74, 6) is -0.470. The molecule has 0 unspecified atom stereocenters. The number of aromatic nitrogens is 2. The largest absolute Gasteiger partial charge is 0.379 e. The summed E-state index contributed by atoms with van der Waals surface area (Å²) in [6, 6.07) is 7.96. The second-order valence-corrected chi connectivity index (χ2v) is 7.40. The van der Waals surface area contributed by atoms with Crippen LogP contribution in [-0.2, 0) is 16.6 Å². The predicted molar refractivity (Wildman–Crippen MR) is 91.5 cm³/mol. The van der Waals surface area contributed by atoms with Crippen LogP contribution in [-0.4, -0.2) is 35.4 Å². The van der Waals surface area contributed by atoms with E-state index in [1.165, 1.54) is 0 Å². The average molecular weight is 361 g/mol. The van der Waals surface area contributed by atoms with E-state index in [-0.39, 0.29) is 17.0 Å². The number of hydrogen-bond donors (Lipinski definition) is 2. The van der Waals surface area contributed by atoms with Crippen LogP contribution in [0.2, 0.25) is 0 Å². The van der Waals surface area contributed by atoms with Crippen molar-refractivity contribution in [3.63, 3.8) is 0 Å². The van der Waals surface area contributed by atoms with Crippen molar-refractivity contribution in [3.05, 3.63) is 52.3 Å². The molecule has 2 N–H and O–H groups in total. The summed E-state index contributed by atoms with van der Waals surface area (Å²) >= 11 is 0. The van der Waals surface area contributed by atoms with E-state index in [4.69, 9.17) is 4.74 Å². The van der Waals surface area contributed by atoms with E-state index in [0.717, 1.165) is 24.0 Å². The first-order valence-electron chi connectivity index (χ1n) is 8.80. The highest BCUT2D eigenvalue weighted by molar-refractivity contribution is 5.97. The van der Waals surface area contributed by atoms with Gasteiger partial charge in [-0.05, 0) is 24.0 Å². The third-order valence-electron chi connectivity index (χ3n) is 5.09. The van der Waals surface area contributed by atoms with Crippen molar-refractivity contribution < 1.29 is 18.3 Å². The van der Waals surface area contributed by atoms with Crippen LogP contribution < -0.4 is 5.32 Å². The molecule has 1 aliphatic carbocycles. The van der Waals surface area contributed by atoms with Gasteiger partial charge in [0.25, 0.3) is 12.3 Å². The fourth-order valence-electron chi connectivity index (χ4n) is 3.44. The van der Waals surface area contributed by atoms with Gasteiger partial charge < -0.3 is 10.1 Å². The number of ether oxygens (including phenoxy) is 1. The highest BCUT2D eigenvalue weighted by atomic mass is 19.3. The van der Waals surface area contributed by atoms with Crippen LogP contribution in [0.5, 0.6) is 0 Å². The molecule has 2 aliphatic rings. The van der Waals surface area contributed by atoms with Gasteiger partial charge in [0, 0.05) is 17.9 Å². The molecule has 4 rings (SSSR count). The summed E-state index contributed by atoms with van der Waals surface area (Å²) in [6.45, 7) is 3.38. The van der Waals surface area contributed by atoms with Crippen molar-refractivity contribution in [2.75, 3.05) is 13.2 Å². The minimum atomic E-state index is -2.80. The van der Waals surface area contributed by atoms with Crippen LogP contribution in [0.25, 0.3) is 0 Å². The van der Waals surface area contributed by atoms with Crippen LogP contribution in [0.15, 0.2) is 24.3 Å². The fourth-order valence-corrected chi connectivity index (χ4v) is 3.44. The quantitative estimate of drug-likeness (QED) is 0.831. The smallest absolute Gasteiger partial charge is 0.282 e. The van der Waals surface area contributed by atoms with Crippen molar-refractivity contribution in [3.8, 4) is 0 Å². The van der Waals surface area contributed by atoms with Gasteiger partial charge in [0.2, 0.25) is 0 Å². The molecular weight excluding hydrogens is 340 g/mol. The number of aromatic amines is 1. The number of nitrogens with one attached hydrogen (secondary N) is 2. The number of halogens is 2. The summed E-state index contributed by atoms with van der Waals surface area (Å²) in [7, 11) is 0. The fraction of sp³-hybridized carbons (Fsp3) is 0.474. The molecule has 0 atom stereocenters. The van der Waals surface area contributed by atoms with Crippen LogP contribution in [0, 0.1) is 0 Å². The van der Waals surface area contributed by atoms with Gasteiger partial charge in [-0.25, -0.2) is 8.78 Å². The maximum absolute atomic E-state index is 13.3. The Morgan fingerprint density at radius 2 is 2.12 bits per heavy atom. The molecule has 1 saturated carbocycles. The Labute approximate surface area is 150 Å². The molecule has 5 nitrogen and oxygen atoms in total. The summed E-state index contributed by atoms with van der Waals surface area (Å²) < 4.78 is 32.1. The van der Waals surface area contributed by atoms with Crippen molar-refractivity contribution in [2.45, 2.75) is 44.1 Å². The zero-order chi connectivity index (χ0) is 18.3. The second-order valence-electron chi connectivity index (χ2n) is 7.40. The van der Waals surface area contributed by atoms with Gasteiger partial charge in [-0.1, -0.05) is 31.2 Å². The average Bonchev–Trinajstić information content (AvgIpc) is 3.29. The van der Waals surface area contributed by atoms with Gasteiger partial charge in [0.1, 0.15) is 5.69 Å². The maximum Gasteiger partial charge on any atom is 0.282 e. The lowest BCUT2D eigenvalue weighted by Crippen LogP contribution is -2.44. The molecule has 7 heteroatoms. The summed E-state index contributed by atoms with van der Waals surface area (Å²) in [4.78, 5) is 12.5. The third-order valence-corrected chi connectivity index (χ3v) is 5.09. The standard InChI is InChI=1S/C19H21F2N3O2/c1-19(9-26-10-19)13-5-3-2-4-11(13)8-14-15(16(17(20)21)24-23-14)18(25)22-12-6-7-12/h2-5,12,17H,6-10H2,1H3,(H,22,25)(H,23,24). The lowest BCUT2D eigenvalue weighted by molar-refractivity contribution is -0.0503. The SMILES string of the molecule is CC1(c2ccccc2Cc2[nH]nc(C(F)F)c2C(=O)NC2CC2)COC1. The monoisotopic (exact) mass is 361 g/mol. The molecule has 138 valence electrons. The molecule has 1 amide bonds. The van der Waals surface area contributed by atoms with Crippen LogP contribution in [0.1, 0.15) is 59.1 Å². The first-order valence-corrected chi connectivity index (χ1v) is 8.80. The molecule has 1 aliphatic heterocycles. The molecular formula is C19H21F2N3O2. The van der Waals surface area contributed by atoms with Gasteiger partial charge in [0.15, 0.2) is 0 Å². The highest BCUT2D eigenvalue weighted by Crippen LogP contribution is 2.35. The molecule has 2 fully saturated rings. The molecule has 0 bridgehead atoms. The molecule has 1 saturated heterocycles. The molecule has 1 aromatic heterocycles. The zero-order valence-corrected chi connectivity index (χ0v) is 14.5. The van der Waals surface area contributed by atoms with E-state index in [1.54, 1.807) is 0 Å². The topological polar surface area (TPSA) is 67.0 Å². The van der Waals surface area contributed by atoms with E-state index < -0.39 is 18.0 Å². The number of nitrogens with zero attached hydrogens (tertiary/aromatic N) is 1. The molecule has 2 heterocycles. The number of H-pyrrole nitrogens is 1. The van der Waals surface area contributed by atoms with E-state index in [2.05, 4.69) is 22.4 Å². The van der Waals surface area contributed by atoms with Crippen molar-refractivity contribution in [1.82, 2.24) is 15.5 Å². The normalized spacial score (nSPS) is 18.6. The summed E-state index contributed by atoms with van der Waals surface area (Å²) in [5, 5.41) is 9.19. The van der Waals surface area contributed by atoms with Gasteiger partial charge in [-0.2, -0.15) is 5.10 Å². The molecule has 0 spiro atoms. The molecule has 1 aromatic carbocycles. The van der Waals surface area contributed by atoms with Crippen molar-refractivity contribution >= 4 is 5.91 Å². The predicted octanol–water partition coefficient (Wildman–Crippen LogP) is 3.12. The Morgan fingerprint density at radius 1 is 1.38 bits per heavy atom. The van der Waals surface area contributed by atoms with E-state index in [0.29, 0.717) is 25.3 Å². The lowest BCUT2D eigenvalue weighted by Gasteiger charge is -2.39. The van der Waals surface area contributed by atoms with Crippen molar-refractivity contribution in [2.24, 2.45) is 0 Å². The zero-order valence-electron chi connectivity index (χ0n) is 14.5. The second kappa shape index (κ2) is 6.46. The summed E-state index contributed by atoms with van der Waals surface area (Å²) in [6.07, 6.45) is -0.666. The minimum absolute atomic E-state index is 0.0169. The number of benzene rings is 1. The molecule has 0 radical (unpaired) electrons. The number of hydrogen-bond acceptors (Lipinski definition) is 3. The third kappa shape index (κ3) is 3.11. The van der Waals surface area contributed by atoms with E-state index in [9.17, 15) is 13.6 Å². The Kier molecular flexibility index (Phi) is 4.26. The van der Waals surface area contributed by atoms with Gasteiger partial charge in [0.05, 0.1) is 24.5 Å². The first kappa shape index (κ1) is 17.1. The Balaban J connectivity index is 1.67. The van der Waals surface area contributed by atoms with E-state index >= 15 is 0 Å². The van der Waals surface area contributed by atoms with E-state index in [1.807, 2.05) is 24.3 Å². The Bertz CT molecular complexity index is 826. The number of carbonyl (C=O) groups excluding carboxylic acids is 1. The van der Waals surface area contributed by atoms with Crippen LogP contribution in [0.4, 0.5) is 8.78 Å². The van der Waals surface area contributed by atoms with Gasteiger partial charge in [-0.15, -0.1) is 0 Å². The van der Waals surface area contributed by atoms with Gasteiger partial charge >= 0.3 is 0 Å². The van der Waals surface area contributed by atoms with Gasteiger partial charge in [-0.3, -0.25) is 9.89 Å². The number of rotatable bonds is 6. The maximum atomic E-state index is 13.3. The number of carbonyl (C=O) groups is 1. The lowest BCUT2D eigenvalue weighted by atomic mass is 9.77. The molecule has 26 heavy (non-hydrogen) atoms. The Morgan fingerprint density at radius 3 is 2.73 bits per heavy atom. The first-order chi connectivity index (χ1) is 12.5. The highest BCUT2D eigenvalue weighted by Gasteiger charge is 2.37. The number of alkyl halides is 2. The van der Waals surface area contributed by atoms with Crippen LogP contribution in [0.3, 0.4) is 0 Å². The number of amides is 1. The van der Waals surface area contributed by atoms with Crippen LogP contribution >= 0.6 is 0 Å². The minimum Gasteiger partial charge on any atom is -0.379 e.